The summed E-state index contributed by atoms with van der Waals surface area (Å²) in [6.07, 6.45) is 7.22. The number of aryl methyl sites for hydroxylation is 2. The van der Waals surface area contributed by atoms with Gasteiger partial charge in [0.15, 0.2) is 0 Å². The number of thioether (sulfide) groups is 1. The van der Waals surface area contributed by atoms with Crippen molar-refractivity contribution in [1.29, 1.82) is 4.78 Å². The van der Waals surface area contributed by atoms with Gasteiger partial charge in [-0.15, -0.1) is 0 Å². The predicted octanol–water partition coefficient (Wildman–Crippen LogP) is 4.32. The molecule has 2 aromatic carbocycles. The van der Waals surface area contributed by atoms with Crippen molar-refractivity contribution in [2.75, 3.05) is 64.8 Å². The van der Waals surface area contributed by atoms with E-state index in [-0.39, 0.29) is 24.1 Å². The quantitative estimate of drug-likeness (QED) is 0.156. The van der Waals surface area contributed by atoms with E-state index >= 15 is 0 Å². The molecule has 0 fully saturated rings. The minimum absolute atomic E-state index is 0.0246. The molecule has 0 saturated heterocycles. The summed E-state index contributed by atoms with van der Waals surface area (Å²) in [5.74, 6) is 0. The number of amides is 2. The van der Waals surface area contributed by atoms with Crippen LogP contribution in [0.4, 0.5) is 10.5 Å². The lowest BCUT2D eigenvalue weighted by atomic mass is 9.99. The molecule has 0 bridgehead atoms. The highest BCUT2D eigenvalue weighted by molar-refractivity contribution is 8.18. The van der Waals surface area contributed by atoms with E-state index in [0.717, 1.165) is 61.5 Å². The SMILES string of the molecule is C[C@](O)(COCCOCCOCCOCCOCc1ccccc1)C1SC(S(=N)(N)=O)=CN1C(=O)Nc1c2c(cc3c1CCC3)CCC2. The average Bonchev–Trinajstić information content (AvgIpc) is 3.83. The molecule has 5 N–H and O–H groups in total. The number of fused-ring (bicyclic) bond motifs is 2. The van der Waals surface area contributed by atoms with E-state index in [1.165, 1.54) is 33.4 Å². The number of carbonyl (C=O) groups excluding carboxylic acids is 1. The van der Waals surface area contributed by atoms with Crippen molar-refractivity contribution in [2.24, 2.45) is 5.14 Å². The Morgan fingerprint density at radius 1 is 0.938 bits per heavy atom. The maximum atomic E-state index is 13.8. The van der Waals surface area contributed by atoms with Crippen molar-refractivity contribution in [3.05, 3.63) is 74.7 Å². The number of rotatable bonds is 19. The van der Waals surface area contributed by atoms with Crippen LogP contribution in [0.15, 0.2) is 46.8 Å². The zero-order valence-corrected chi connectivity index (χ0v) is 29.2. The maximum Gasteiger partial charge on any atom is 0.327 e. The van der Waals surface area contributed by atoms with Crippen molar-refractivity contribution in [3.8, 4) is 0 Å². The zero-order chi connectivity index (χ0) is 34.0. The molecule has 2 aliphatic carbocycles. The number of anilines is 1. The Morgan fingerprint density at radius 2 is 1.48 bits per heavy atom. The van der Waals surface area contributed by atoms with Gasteiger partial charge in [0.1, 0.15) is 25.1 Å². The maximum absolute atomic E-state index is 13.8. The fraction of sp³-hybridized carbons (Fsp3) is 0.559. The lowest BCUT2D eigenvalue weighted by Crippen LogP contribution is -2.51. The highest BCUT2D eigenvalue weighted by Crippen LogP contribution is 2.43. The average molecular weight is 705 g/mol. The number of ether oxygens (including phenoxy) is 5. The molecular formula is C34H48N4O8S2. The van der Waals surface area contributed by atoms with Crippen LogP contribution >= 0.6 is 11.8 Å². The van der Waals surface area contributed by atoms with Crippen LogP contribution < -0.4 is 10.5 Å². The lowest BCUT2D eigenvalue weighted by Gasteiger charge is -2.35. The predicted molar refractivity (Wildman–Crippen MR) is 186 cm³/mol. The third-order valence-electron chi connectivity index (χ3n) is 8.49. The van der Waals surface area contributed by atoms with Crippen molar-refractivity contribution in [1.82, 2.24) is 4.90 Å². The first-order valence-corrected chi connectivity index (χ1v) is 19.0. The summed E-state index contributed by atoms with van der Waals surface area (Å²) in [6.45, 7) is 5.19. The van der Waals surface area contributed by atoms with Crippen LogP contribution in [-0.4, -0.2) is 90.7 Å². The van der Waals surface area contributed by atoms with E-state index in [4.69, 9.17) is 33.6 Å². The summed E-state index contributed by atoms with van der Waals surface area (Å²) in [7, 11) is -3.61. The van der Waals surface area contributed by atoms with Gasteiger partial charge in [-0.2, -0.15) is 0 Å². The summed E-state index contributed by atoms with van der Waals surface area (Å²) in [4.78, 5) is 15.1. The fourth-order valence-electron chi connectivity index (χ4n) is 6.15. The van der Waals surface area contributed by atoms with Crippen LogP contribution in [0.3, 0.4) is 0 Å². The van der Waals surface area contributed by atoms with E-state index in [9.17, 15) is 14.1 Å². The van der Waals surface area contributed by atoms with Crippen molar-refractivity contribution < 1.29 is 37.8 Å². The second kappa shape index (κ2) is 17.4. The molecule has 14 heteroatoms. The van der Waals surface area contributed by atoms with Gasteiger partial charge >= 0.3 is 6.03 Å². The third kappa shape index (κ3) is 10.0. The fourth-order valence-corrected chi connectivity index (χ4v) is 8.25. The highest BCUT2D eigenvalue weighted by Gasteiger charge is 2.45. The number of hydrogen-bond acceptors (Lipinski definition) is 10. The molecule has 0 radical (unpaired) electrons. The van der Waals surface area contributed by atoms with Crippen LogP contribution in [0, 0.1) is 4.78 Å². The molecular weight excluding hydrogens is 657 g/mol. The molecule has 3 atom stereocenters. The number of nitrogens with zero attached hydrogens (tertiary/aromatic N) is 1. The Labute approximate surface area is 287 Å². The van der Waals surface area contributed by atoms with Crippen LogP contribution in [0.25, 0.3) is 0 Å². The molecule has 264 valence electrons. The first-order valence-electron chi connectivity index (χ1n) is 16.5. The topological polar surface area (TPSA) is 166 Å². The molecule has 2 amide bonds. The Hall–Kier alpha value is -2.53. The van der Waals surface area contributed by atoms with E-state index in [0.29, 0.717) is 46.2 Å². The van der Waals surface area contributed by atoms with E-state index < -0.39 is 26.9 Å². The minimum atomic E-state index is -3.61. The smallest absolute Gasteiger partial charge is 0.327 e. The number of nitrogens with two attached hydrogens (primary N) is 1. The van der Waals surface area contributed by atoms with Crippen LogP contribution in [0.1, 0.15) is 47.6 Å². The lowest BCUT2D eigenvalue weighted by molar-refractivity contribution is -0.0642. The second-order valence-electron chi connectivity index (χ2n) is 12.4. The van der Waals surface area contributed by atoms with Crippen molar-refractivity contribution in [3.63, 3.8) is 0 Å². The van der Waals surface area contributed by atoms with Gasteiger partial charge in [0.25, 0.3) is 0 Å². The van der Waals surface area contributed by atoms with Crippen LogP contribution in [-0.2, 0) is 65.9 Å². The number of hydrogen-bond donors (Lipinski definition) is 4. The van der Waals surface area contributed by atoms with Gasteiger partial charge in [0, 0.05) is 11.9 Å². The van der Waals surface area contributed by atoms with Gasteiger partial charge in [-0.3, -0.25) is 4.90 Å². The molecule has 3 aliphatic rings. The Bertz CT molecular complexity index is 1490. The van der Waals surface area contributed by atoms with Crippen LogP contribution in [0.2, 0.25) is 0 Å². The van der Waals surface area contributed by atoms with Crippen molar-refractivity contribution >= 4 is 33.4 Å². The van der Waals surface area contributed by atoms with Gasteiger partial charge in [-0.25, -0.2) is 18.9 Å². The van der Waals surface area contributed by atoms with E-state index in [1.54, 1.807) is 6.92 Å². The third-order valence-corrected chi connectivity index (χ3v) is 11.5. The number of nitrogens with one attached hydrogen (secondary N) is 2. The number of aliphatic hydroxyl groups is 1. The molecule has 2 aromatic rings. The zero-order valence-electron chi connectivity index (χ0n) is 27.6. The van der Waals surface area contributed by atoms with Gasteiger partial charge in [0.2, 0.25) is 0 Å². The summed E-state index contributed by atoms with van der Waals surface area (Å²) < 4.78 is 48.4. The molecule has 12 nitrogen and oxygen atoms in total. The van der Waals surface area contributed by atoms with Gasteiger partial charge in [-0.05, 0) is 73.3 Å². The van der Waals surface area contributed by atoms with E-state index in [1.807, 2.05) is 30.3 Å². The van der Waals surface area contributed by atoms with Crippen LogP contribution in [0.5, 0.6) is 0 Å². The molecule has 48 heavy (non-hydrogen) atoms. The van der Waals surface area contributed by atoms with Gasteiger partial charge in [0.05, 0.1) is 66.1 Å². The molecule has 0 spiro atoms. The second-order valence-corrected chi connectivity index (χ2v) is 15.4. The Balaban J connectivity index is 1.00. The minimum Gasteiger partial charge on any atom is -0.385 e. The Morgan fingerprint density at radius 3 is 2.04 bits per heavy atom. The normalized spacial score (nSPS) is 19.4. The summed E-state index contributed by atoms with van der Waals surface area (Å²) in [5.41, 5.74) is 5.35. The molecule has 1 heterocycles. The number of carbonyl (C=O) groups is 1. The monoisotopic (exact) mass is 704 g/mol. The highest BCUT2D eigenvalue weighted by atomic mass is 32.3. The molecule has 2 unspecified atom stereocenters. The molecule has 1 aliphatic heterocycles. The number of benzene rings is 2. The number of urea groups is 1. The van der Waals surface area contributed by atoms with Gasteiger partial charge < -0.3 is 34.1 Å². The largest absolute Gasteiger partial charge is 0.385 e. The first-order chi connectivity index (χ1) is 23.1. The first kappa shape index (κ1) is 36.7. The molecule has 5 rings (SSSR count). The van der Waals surface area contributed by atoms with Crippen molar-refractivity contribution in [2.45, 2.75) is 63.0 Å². The summed E-state index contributed by atoms with van der Waals surface area (Å²) >= 11 is 0.951. The molecule has 0 aromatic heterocycles. The summed E-state index contributed by atoms with van der Waals surface area (Å²) in [6, 6.07) is 11.8. The molecule has 0 saturated carbocycles. The van der Waals surface area contributed by atoms with Gasteiger partial charge in [-0.1, -0.05) is 48.2 Å². The Kier molecular flexibility index (Phi) is 13.3. The van der Waals surface area contributed by atoms with E-state index in [2.05, 4.69) is 11.4 Å². The standard InChI is InChI=1S/C34H48N4O8S2/c1-34(40,24-46-20-18-44-16-14-42-13-15-43-17-19-45-23-25-7-3-2-4-8-25)32-38(22-30(47-32)48(35,36)41)33(39)37-31-28-11-5-9-26(28)21-27-10-6-12-29(27)31/h2-4,7-8,21-22,32,40H,5-6,9-20,23-24H2,1H3,(H,37,39)(H3,35,36,41)/t32?,34-/m0/s1. The summed E-state index contributed by atoms with van der Waals surface area (Å²) in [5, 5.41) is 19.3.